The number of hydrogen-bond donors (Lipinski definition) is 0. The summed E-state index contributed by atoms with van der Waals surface area (Å²) in [5.74, 6) is 0. The van der Waals surface area contributed by atoms with Gasteiger partial charge in [-0.2, -0.15) is 0 Å². The van der Waals surface area contributed by atoms with Crippen molar-refractivity contribution in [2.75, 3.05) is 0 Å². The number of non-ortho nitro benzene ring substituents is 1. The summed E-state index contributed by atoms with van der Waals surface area (Å²) in [6, 6.07) is 6.85. The average molecular weight is 333 g/mol. The zero-order valence-corrected chi connectivity index (χ0v) is 14.9. The number of benzene rings is 1. The van der Waals surface area contributed by atoms with Crippen molar-refractivity contribution in [3.05, 3.63) is 51.3 Å². The van der Waals surface area contributed by atoms with E-state index in [4.69, 9.17) is 0 Å². The van der Waals surface area contributed by atoms with Crippen LogP contribution >= 0.6 is 11.8 Å². The van der Waals surface area contributed by atoms with Crippen molar-refractivity contribution in [3.8, 4) is 0 Å². The Labute approximate surface area is 141 Å². The topological polar surface area (TPSA) is 61.0 Å². The standard InChI is InChI=1S/C17H23N3O2S/c1-5-6-10-19-13(3)12(2)18-17(19)23-14(4)15-8-7-9-16(11-15)20(21)22/h7-9,11,14H,5-6,10H2,1-4H3. The van der Waals surface area contributed by atoms with Crippen molar-refractivity contribution in [1.29, 1.82) is 0 Å². The molecule has 1 heterocycles. The Morgan fingerprint density at radius 2 is 2.13 bits per heavy atom. The highest BCUT2D eigenvalue weighted by atomic mass is 32.2. The third kappa shape index (κ3) is 4.13. The molecule has 0 N–H and O–H groups in total. The summed E-state index contributed by atoms with van der Waals surface area (Å²) in [6.07, 6.45) is 2.26. The van der Waals surface area contributed by atoms with Crippen molar-refractivity contribution in [2.45, 2.75) is 57.5 Å². The Morgan fingerprint density at radius 3 is 2.78 bits per heavy atom. The molecule has 5 nitrogen and oxygen atoms in total. The molecule has 0 aliphatic carbocycles. The summed E-state index contributed by atoms with van der Waals surface area (Å²) >= 11 is 1.66. The fraction of sp³-hybridized carbons (Fsp3) is 0.471. The van der Waals surface area contributed by atoms with Crippen LogP contribution in [0.1, 0.15) is 48.9 Å². The molecule has 1 atom stereocenters. The minimum atomic E-state index is -0.350. The summed E-state index contributed by atoms with van der Waals surface area (Å²) in [5.41, 5.74) is 3.34. The van der Waals surface area contributed by atoms with Gasteiger partial charge in [0.25, 0.3) is 5.69 Å². The van der Waals surface area contributed by atoms with Crippen LogP contribution in [0, 0.1) is 24.0 Å². The number of nitrogens with zero attached hydrogens (tertiary/aromatic N) is 3. The Hall–Kier alpha value is -1.82. The number of nitro groups is 1. The maximum atomic E-state index is 10.9. The number of hydrogen-bond acceptors (Lipinski definition) is 4. The zero-order chi connectivity index (χ0) is 17.0. The molecular formula is C17H23N3O2S. The second kappa shape index (κ2) is 7.64. The van der Waals surface area contributed by atoms with Crippen molar-refractivity contribution < 1.29 is 4.92 Å². The van der Waals surface area contributed by atoms with E-state index in [9.17, 15) is 10.1 Å². The molecule has 0 saturated carbocycles. The molecule has 0 saturated heterocycles. The first-order chi connectivity index (χ1) is 10.9. The van der Waals surface area contributed by atoms with Crippen molar-refractivity contribution in [1.82, 2.24) is 9.55 Å². The van der Waals surface area contributed by atoms with E-state index in [0.29, 0.717) is 0 Å². The normalized spacial score (nSPS) is 12.3. The van der Waals surface area contributed by atoms with Crippen LogP contribution < -0.4 is 0 Å². The van der Waals surface area contributed by atoms with Gasteiger partial charge in [0.1, 0.15) is 0 Å². The number of nitro benzene ring substituents is 1. The van der Waals surface area contributed by atoms with Crippen LogP contribution in [0.15, 0.2) is 29.4 Å². The van der Waals surface area contributed by atoms with E-state index in [1.807, 2.05) is 13.0 Å². The smallest absolute Gasteiger partial charge is 0.269 e. The van der Waals surface area contributed by atoms with Crippen LogP contribution in [0.5, 0.6) is 0 Å². The van der Waals surface area contributed by atoms with Gasteiger partial charge >= 0.3 is 0 Å². The molecule has 23 heavy (non-hydrogen) atoms. The van der Waals surface area contributed by atoms with Crippen molar-refractivity contribution in [3.63, 3.8) is 0 Å². The van der Waals surface area contributed by atoms with E-state index in [0.717, 1.165) is 35.8 Å². The predicted molar refractivity (Wildman–Crippen MR) is 94.0 cm³/mol. The fourth-order valence-electron chi connectivity index (χ4n) is 2.41. The molecule has 124 valence electrons. The highest BCUT2D eigenvalue weighted by molar-refractivity contribution is 7.99. The SMILES string of the molecule is CCCCn1c(SC(C)c2cccc([N+](=O)[O-])c2)nc(C)c1C. The van der Waals surface area contributed by atoms with Crippen LogP contribution in [0.3, 0.4) is 0 Å². The molecule has 0 aliphatic heterocycles. The lowest BCUT2D eigenvalue weighted by molar-refractivity contribution is -0.384. The molecule has 0 amide bonds. The number of imidazole rings is 1. The van der Waals surface area contributed by atoms with E-state index >= 15 is 0 Å². The molecule has 1 aromatic carbocycles. The molecule has 0 aliphatic rings. The number of rotatable bonds is 7. The lowest BCUT2D eigenvalue weighted by Gasteiger charge is -2.13. The zero-order valence-electron chi connectivity index (χ0n) is 14.1. The van der Waals surface area contributed by atoms with Crippen LogP contribution in [0.2, 0.25) is 0 Å². The van der Waals surface area contributed by atoms with Gasteiger partial charge in [0.15, 0.2) is 5.16 Å². The number of aryl methyl sites for hydroxylation is 1. The lowest BCUT2D eigenvalue weighted by atomic mass is 10.1. The number of thioether (sulfide) groups is 1. The third-order valence-corrected chi connectivity index (χ3v) is 5.14. The summed E-state index contributed by atoms with van der Waals surface area (Å²) in [6.45, 7) is 9.33. The Bertz CT molecular complexity index is 697. The van der Waals surface area contributed by atoms with Crippen LogP contribution in [0.4, 0.5) is 5.69 Å². The summed E-state index contributed by atoms with van der Waals surface area (Å²) < 4.78 is 2.26. The quantitative estimate of drug-likeness (QED) is 0.403. The fourth-order valence-corrected chi connectivity index (χ4v) is 3.55. The van der Waals surface area contributed by atoms with Gasteiger partial charge in [0.2, 0.25) is 0 Å². The summed E-state index contributed by atoms with van der Waals surface area (Å²) in [5, 5.41) is 12.0. The van der Waals surface area contributed by atoms with Crippen LogP contribution in [0.25, 0.3) is 0 Å². The monoisotopic (exact) mass is 333 g/mol. The van der Waals surface area contributed by atoms with Gasteiger partial charge in [-0.05, 0) is 32.8 Å². The van der Waals surface area contributed by atoms with E-state index in [1.165, 1.54) is 11.8 Å². The molecule has 2 aromatic rings. The second-order valence-corrected chi connectivity index (χ2v) is 6.99. The predicted octanol–water partition coefficient (Wildman–Crippen LogP) is 5.06. The van der Waals surface area contributed by atoms with Crippen LogP contribution in [-0.4, -0.2) is 14.5 Å². The highest BCUT2D eigenvalue weighted by Crippen LogP contribution is 2.36. The first kappa shape index (κ1) is 17.5. The molecule has 0 fully saturated rings. The Kier molecular flexibility index (Phi) is 5.82. The Morgan fingerprint density at radius 1 is 1.39 bits per heavy atom. The summed E-state index contributed by atoms with van der Waals surface area (Å²) in [4.78, 5) is 15.3. The van der Waals surface area contributed by atoms with Crippen molar-refractivity contribution >= 4 is 17.4 Å². The number of aromatic nitrogens is 2. The van der Waals surface area contributed by atoms with E-state index < -0.39 is 0 Å². The maximum absolute atomic E-state index is 10.9. The highest BCUT2D eigenvalue weighted by Gasteiger charge is 2.17. The molecular weight excluding hydrogens is 310 g/mol. The second-order valence-electron chi connectivity index (χ2n) is 5.68. The molecule has 6 heteroatoms. The van der Waals surface area contributed by atoms with E-state index in [1.54, 1.807) is 23.9 Å². The van der Waals surface area contributed by atoms with Gasteiger partial charge < -0.3 is 4.57 Å². The maximum Gasteiger partial charge on any atom is 0.269 e. The Balaban J connectivity index is 2.23. The first-order valence-corrected chi connectivity index (χ1v) is 8.76. The van der Waals surface area contributed by atoms with Gasteiger partial charge in [-0.1, -0.05) is 37.2 Å². The third-order valence-electron chi connectivity index (χ3n) is 3.99. The van der Waals surface area contributed by atoms with Crippen LogP contribution in [-0.2, 0) is 6.54 Å². The molecule has 0 spiro atoms. The molecule has 2 rings (SSSR count). The average Bonchev–Trinajstić information content (AvgIpc) is 2.79. The number of unbranched alkanes of at least 4 members (excludes halogenated alkanes) is 1. The first-order valence-electron chi connectivity index (χ1n) is 7.88. The van der Waals surface area contributed by atoms with Gasteiger partial charge in [0, 0.05) is 29.6 Å². The van der Waals surface area contributed by atoms with Gasteiger partial charge in [-0.3, -0.25) is 10.1 Å². The minimum absolute atomic E-state index is 0.108. The molecule has 1 aromatic heterocycles. The van der Waals surface area contributed by atoms with Gasteiger partial charge in [0.05, 0.1) is 10.6 Å². The van der Waals surface area contributed by atoms with Gasteiger partial charge in [-0.15, -0.1) is 0 Å². The van der Waals surface area contributed by atoms with Crippen molar-refractivity contribution in [2.24, 2.45) is 0 Å². The minimum Gasteiger partial charge on any atom is -0.323 e. The largest absolute Gasteiger partial charge is 0.323 e. The lowest BCUT2D eigenvalue weighted by Crippen LogP contribution is -2.03. The molecule has 1 unspecified atom stereocenters. The molecule has 0 radical (unpaired) electrons. The van der Waals surface area contributed by atoms with E-state index in [2.05, 4.69) is 30.3 Å². The summed E-state index contributed by atoms with van der Waals surface area (Å²) in [7, 11) is 0. The molecule has 0 bridgehead atoms. The van der Waals surface area contributed by atoms with Gasteiger partial charge in [-0.25, -0.2) is 4.98 Å². The van der Waals surface area contributed by atoms with E-state index in [-0.39, 0.29) is 15.9 Å².